The van der Waals surface area contributed by atoms with Gasteiger partial charge in [0.25, 0.3) is 0 Å². The lowest BCUT2D eigenvalue weighted by Crippen LogP contribution is -2.28. The van der Waals surface area contributed by atoms with Crippen molar-refractivity contribution in [2.45, 2.75) is 44.1 Å². The first-order valence-corrected chi connectivity index (χ1v) is 13.4. The van der Waals surface area contributed by atoms with Crippen molar-refractivity contribution in [3.05, 3.63) is 90.2 Å². The molecule has 7 rings (SSSR count). The van der Waals surface area contributed by atoms with Gasteiger partial charge in [0, 0.05) is 50.2 Å². The zero-order valence-electron chi connectivity index (χ0n) is 21.1. The van der Waals surface area contributed by atoms with E-state index in [2.05, 4.69) is 96.8 Å². The van der Waals surface area contributed by atoms with E-state index >= 15 is 0 Å². The van der Waals surface area contributed by atoms with Crippen LogP contribution in [0.1, 0.15) is 49.4 Å². The molecule has 2 aromatic rings. The molecule has 186 valence electrons. The number of hydrogen-bond donors (Lipinski definition) is 0. The summed E-state index contributed by atoms with van der Waals surface area (Å²) in [5.41, 5.74) is 4.97. The van der Waals surface area contributed by atoms with Crippen LogP contribution in [0.5, 0.6) is 0 Å². The van der Waals surface area contributed by atoms with Crippen molar-refractivity contribution in [2.75, 3.05) is 31.2 Å². The SMILES string of the molecule is C=C1N2C=C(CN3CC4CCCN4C3)C=CC2=CN1c1cccc(C(c2nncn2C)C2CCC2)c1. The Morgan fingerprint density at radius 1 is 1.08 bits per heavy atom. The molecule has 0 spiro atoms. The maximum Gasteiger partial charge on any atom is 0.140 e. The number of anilines is 1. The molecule has 5 aliphatic rings. The smallest absolute Gasteiger partial charge is 0.140 e. The second kappa shape index (κ2) is 8.75. The topological polar surface area (TPSA) is 43.7 Å². The molecule has 0 N–H and O–H groups in total. The summed E-state index contributed by atoms with van der Waals surface area (Å²) in [4.78, 5) is 9.69. The molecule has 1 saturated carbocycles. The van der Waals surface area contributed by atoms with Gasteiger partial charge in [-0.1, -0.05) is 31.2 Å². The number of nitrogens with zero attached hydrogens (tertiary/aromatic N) is 7. The maximum atomic E-state index is 4.50. The van der Waals surface area contributed by atoms with E-state index in [9.17, 15) is 0 Å². The molecule has 0 amide bonds. The Kier molecular flexibility index (Phi) is 5.36. The van der Waals surface area contributed by atoms with Crippen LogP contribution in [0, 0.1) is 5.92 Å². The summed E-state index contributed by atoms with van der Waals surface area (Å²) in [6.07, 6.45) is 17.3. The van der Waals surface area contributed by atoms with Crippen molar-refractivity contribution in [3.63, 3.8) is 0 Å². The van der Waals surface area contributed by atoms with Gasteiger partial charge in [-0.2, -0.15) is 0 Å². The van der Waals surface area contributed by atoms with Crippen molar-refractivity contribution < 1.29 is 0 Å². The molecule has 4 aliphatic heterocycles. The van der Waals surface area contributed by atoms with E-state index in [1.165, 1.54) is 62.0 Å². The highest BCUT2D eigenvalue weighted by Gasteiger charge is 2.35. The van der Waals surface area contributed by atoms with Gasteiger partial charge in [-0.15, -0.1) is 10.2 Å². The molecule has 1 aromatic carbocycles. The van der Waals surface area contributed by atoms with Crippen molar-refractivity contribution >= 4 is 5.69 Å². The van der Waals surface area contributed by atoms with Crippen LogP contribution in [-0.4, -0.2) is 61.8 Å². The highest BCUT2D eigenvalue weighted by Crippen LogP contribution is 2.44. The van der Waals surface area contributed by atoms with Crippen LogP contribution >= 0.6 is 0 Å². The first-order valence-electron chi connectivity index (χ1n) is 13.4. The zero-order chi connectivity index (χ0) is 24.2. The third kappa shape index (κ3) is 3.73. The number of hydrogen-bond acceptors (Lipinski definition) is 6. The van der Waals surface area contributed by atoms with Crippen LogP contribution in [0.2, 0.25) is 0 Å². The average Bonchev–Trinajstić information content (AvgIpc) is 3.61. The Hall–Kier alpha value is -3.16. The van der Waals surface area contributed by atoms with E-state index in [4.69, 9.17) is 0 Å². The lowest BCUT2D eigenvalue weighted by molar-refractivity contribution is 0.264. The van der Waals surface area contributed by atoms with Crippen LogP contribution in [0.4, 0.5) is 5.69 Å². The van der Waals surface area contributed by atoms with Crippen LogP contribution < -0.4 is 4.90 Å². The quantitative estimate of drug-likeness (QED) is 0.610. The highest BCUT2D eigenvalue weighted by atomic mass is 15.4. The summed E-state index contributed by atoms with van der Waals surface area (Å²) in [5.74, 6) is 2.94. The molecule has 2 saturated heterocycles. The molecule has 1 aliphatic carbocycles. The molecule has 5 heterocycles. The van der Waals surface area contributed by atoms with Crippen LogP contribution in [0.25, 0.3) is 0 Å². The maximum absolute atomic E-state index is 4.50. The molecule has 7 nitrogen and oxygen atoms in total. The second-order valence-electron chi connectivity index (χ2n) is 11.1. The van der Waals surface area contributed by atoms with E-state index in [1.54, 1.807) is 0 Å². The number of rotatable bonds is 6. The Bertz CT molecular complexity index is 1250. The van der Waals surface area contributed by atoms with E-state index in [-0.39, 0.29) is 5.92 Å². The summed E-state index contributed by atoms with van der Waals surface area (Å²) in [6, 6.07) is 9.70. The standard InChI is InChI=1S/C29H35N7/c1-21-35-16-22(15-33-17-26-10-5-13-34(26)20-33)11-12-27(35)18-36(21)25-9-4-8-24(14-25)28(23-6-3-7-23)29-31-30-19-32(29)2/h4,8-9,11-12,14,16,18-19,23,26,28H,1,3,5-7,10,13,15,17,20H2,2H3. The third-order valence-corrected chi connectivity index (χ3v) is 8.77. The predicted octanol–water partition coefficient (Wildman–Crippen LogP) is 4.37. The van der Waals surface area contributed by atoms with Gasteiger partial charge in [0.2, 0.25) is 0 Å². The average molecular weight is 482 g/mol. The third-order valence-electron chi connectivity index (χ3n) is 8.77. The fourth-order valence-electron chi connectivity index (χ4n) is 6.65. The van der Waals surface area contributed by atoms with Crippen LogP contribution in [0.15, 0.2) is 78.8 Å². The minimum Gasteiger partial charge on any atom is -0.320 e. The summed E-state index contributed by atoms with van der Waals surface area (Å²) < 4.78 is 2.08. The van der Waals surface area contributed by atoms with Gasteiger partial charge in [0.05, 0.1) is 12.4 Å². The van der Waals surface area contributed by atoms with E-state index in [0.717, 1.165) is 36.6 Å². The van der Waals surface area contributed by atoms with Gasteiger partial charge >= 0.3 is 0 Å². The highest BCUT2D eigenvalue weighted by molar-refractivity contribution is 5.62. The predicted molar refractivity (Wildman–Crippen MR) is 142 cm³/mol. The Morgan fingerprint density at radius 3 is 2.78 bits per heavy atom. The first kappa shape index (κ1) is 22.1. The van der Waals surface area contributed by atoms with Gasteiger partial charge in [-0.3, -0.25) is 9.80 Å². The second-order valence-corrected chi connectivity index (χ2v) is 11.1. The first-order chi connectivity index (χ1) is 17.6. The van der Waals surface area contributed by atoms with Gasteiger partial charge in [-0.25, -0.2) is 0 Å². The largest absolute Gasteiger partial charge is 0.320 e. The Balaban J connectivity index is 1.11. The van der Waals surface area contributed by atoms with Gasteiger partial charge < -0.3 is 14.4 Å². The fraction of sp³-hybridized carbons (Fsp3) is 0.448. The summed E-state index contributed by atoms with van der Waals surface area (Å²) in [7, 11) is 2.05. The zero-order valence-corrected chi connectivity index (χ0v) is 21.1. The number of benzene rings is 1. The minimum absolute atomic E-state index is 0.277. The van der Waals surface area contributed by atoms with Crippen molar-refractivity contribution in [1.82, 2.24) is 29.5 Å². The van der Waals surface area contributed by atoms with E-state index in [0.29, 0.717) is 5.92 Å². The molecule has 0 radical (unpaired) electrons. The summed E-state index contributed by atoms with van der Waals surface area (Å²) >= 11 is 0. The molecule has 3 fully saturated rings. The molecular weight excluding hydrogens is 446 g/mol. The Morgan fingerprint density at radius 2 is 2.00 bits per heavy atom. The van der Waals surface area contributed by atoms with Crippen molar-refractivity contribution in [2.24, 2.45) is 13.0 Å². The van der Waals surface area contributed by atoms with E-state index in [1.807, 2.05) is 6.33 Å². The Labute approximate surface area is 213 Å². The van der Waals surface area contributed by atoms with Gasteiger partial charge in [-0.05, 0) is 67.5 Å². The molecule has 2 atom stereocenters. The lowest BCUT2D eigenvalue weighted by Gasteiger charge is -2.34. The van der Waals surface area contributed by atoms with Crippen LogP contribution in [0.3, 0.4) is 0 Å². The van der Waals surface area contributed by atoms with Crippen LogP contribution in [-0.2, 0) is 7.05 Å². The van der Waals surface area contributed by atoms with Gasteiger partial charge in [0.1, 0.15) is 18.0 Å². The number of aromatic nitrogens is 3. The number of allylic oxidation sites excluding steroid dienone is 1. The monoisotopic (exact) mass is 481 g/mol. The number of fused-ring (bicyclic) bond motifs is 2. The van der Waals surface area contributed by atoms with Crippen molar-refractivity contribution in [3.8, 4) is 0 Å². The summed E-state index contributed by atoms with van der Waals surface area (Å²) in [5, 5.41) is 8.68. The molecule has 36 heavy (non-hydrogen) atoms. The lowest BCUT2D eigenvalue weighted by atomic mass is 9.72. The van der Waals surface area contributed by atoms with E-state index < -0.39 is 0 Å². The van der Waals surface area contributed by atoms with Gasteiger partial charge in [0.15, 0.2) is 0 Å². The normalized spacial score (nSPS) is 25.1. The molecule has 1 aromatic heterocycles. The molecule has 2 unspecified atom stereocenters. The molecule has 7 heteroatoms. The summed E-state index contributed by atoms with van der Waals surface area (Å²) in [6.45, 7) is 9.04. The van der Waals surface area contributed by atoms with Crippen molar-refractivity contribution in [1.29, 1.82) is 0 Å². The molecule has 0 bridgehead atoms. The molecular formula is C29H35N7. The fourth-order valence-corrected chi connectivity index (χ4v) is 6.65. The number of aryl methyl sites for hydroxylation is 1. The minimum atomic E-state index is 0.277.